The normalized spacial score (nSPS) is 30.1. The molecule has 5 rings (SSSR count). The van der Waals surface area contributed by atoms with E-state index in [2.05, 4.69) is 70.1 Å². The number of aliphatic hydroxyl groups is 1. The van der Waals surface area contributed by atoms with Crippen LogP contribution in [-0.4, -0.2) is 122 Å². The fourth-order valence-corrected chi connectivity index (χ4v) is 6.39. The van der Waals surface area contributed by atoms with Gasteiger partial charge in [0.15, 0.2) is 0 Å². The highest BCUT2D eigenvalue weighted by atomic mass is 16.5. The standard InChI is InChI=1S/C9H17NO.C8H17NO2.C8H17N.C7H14O/c1-7(2)10-5-3-9-8(10)4-6-11-9;1-7(2)9-3-4-11-6-8(9)5-10;1-8(2)9-6-4-3-5-7-9;1-6(2)7-3-4-8-5-7/h7-9H,3-6H2,1-2H3;7-8,10H,3-6H2,1-2H3;8H,3-7H2,1-2H3;6-7H,3-5H2,1-2H3. The van der Waals surface area contributed by atoms with Crippen molar-refractivity contribution in [3.8, 4) is 0 Å². The highest BCUT2D eigenvalue weighted by Gasteiger charge is 2.39. The summed E-state index contributed by atoms with van der Waals surface area (Å²) < 4.78 is 16.1. The van der Waals surface area contributed by atoms with Crippen molar-refractivity contribution in [2.75, 3.05) is 65.8 Å². The summed E-state index contributed by atoms with van der Waals surface area (Å²) in [5, 5.41) is 8.99. The van der Waals surface area contributed by atoms with E-state index in [-0.39, 0.29) is 12.6 Å². The second-order valence-electron chi connectivity index (χ2n) is 13.2. The van der Waals surface area contributed by atoms with Crippen LogP contribution in [-0.2, 0) is 14.2 Å². The van der Waals surface area contributed by atoms with Gasteiger partial charge in [0.05, 0.1) is 32.0 Å². The molecule has 0 aromatic rings. The minimum Gasteiger partial charge on any atom is -0.395 e. The van der Waals surface area contributed by atoms with Crippen LogP contribution in [0.1, 0.15) is 93.9 Å². The molecule has 7 heteroatoms. The van der Waals surface area contributed by atoms with Gasteiger partial charge in [-0.1, -0.05) is 20.3 Å². The molecule has 0 radical (unpaired) electrons. The van der Waals surface area contributed by atoms with Gasteiger partial charge >= 0.3 is 0 Å². The van der Waals surface area contributed by atoms with E-state index in [4.69, 9.17) is 19.3 Å². The van der Waals surface area contributed by atoms with Gasteiger partial charge < -0.3 is 24.2 Å². The van der Waals surface area contributed by atoms with Crippen molar-refractivity contribution in [2.45, 2.75) is 130 Å². The Labute approximate surface area is 241 Å². The summed E-state index contributed by atoms with van der Waals surface area (Å²) >= 11 is 0. The van der Waals surface area contributed by atoms with Crippen molar-refractivity contribution >= 4 is 0 Å². The lowest BCUT2D eigenvalue weighted by Gasteiger charge is -2.37. The number of nitrogens with zero attached hydrogens (tertiary/aromatic N) is 3. The number of rotatable bonds is 5. The van der Waals surface area contributed by atoms with Crippen LogP contribution in [0.3, 0.4) is 0 Å². The molecule has 0 aromatic heterocycles. The van der Waals surface area contributed by atoms with Crippen molar-refractivity contribution in [3.63, 3.8) is 0 Å². The molecule has 1 N–H and O–H groups in total. The Kier molecular flexibility index (Phi) is 17.0. The Morgan fingerprint density at radius 3 is 1.79 bits per heavy atom. The topological polar surface area (TPSA) is 57.6 Å². The minimum absolute atomic E-state index is 0.207. The van der Waals surface area contributed by atoms with E-state index in [1.807, 2.05) is 0 Å². The minimum atomic E-state index is 0.207. The highest BCUT2D eigenvalue weighted by Crippen LogP contribution is 2.30. The van der Waals surface area contributed by atoms with Crippen LogP contribution < -0.4 is 0 Å². The van der Waals surface area contributed by atoms with Gasteiger partial charge in [-0.2, -0.15) is 0 Å². The van der Waals surface area contributed by atoms with Gasteiger partial charge in [-0.3, -0.25) is 9.80 Å². The van der Waals surface area contributed by atoms with Crippen molar-refractivity contribution < 1.29 is 19.3 Å². The van der Waals surface area contributed by atoms with E-state index in [0.717, 1.165) is 56.9 Å². The number of piperidine rings is 1. The molecule has 5 saturated heterocycles. The number of hydrogen-bond donors (Lipinski definition) is 1. The zero-order chi connectivity index (χ0) is 28.8. The first-order valence-electron chi connectivity index (χ1n) is 16.3. The Hall–Kier alpha value is -0.280. The third-order valence-electron chi connectivity index (χ3n) is 9.11. The molecule has 5 heterocycles. The number of hydrogen-bond acceptors (Lipinski definition) is 7. The van der Waals surface area contributed by atoms with Gasteiger partial charge in [-0.15, -0.1) is 0 Å². The summed E-state index contributed by atoms with van der Waals surface area (Å²) in [6, 6.07) is 2.94. The maximum atomic E-state index is 8.99. The lowest BCUT2D eigenvalue weighted by Crippen LogP contribution is -2.50. The largest absolute Gasteiger partial charge is 0.395 e. The number of ether oxygens (including phenoxy) is 3. The van der Waals surface area contributed by atoms with Crippen molar-refractivity contribution in [1.82, 2.24) is 14.7 Å². The molecule has 4 unspecified atom stereocenters. The second-order valence-corrected chi connectivity index (χ2v) is 13.2. The van der Waals surface area contributed by atoms with Crippen molar-refractivity contribution in [2.24, 2.45) is 11.8 Å². The average Bonchev–Trinajstić information content (AvgIpc) is 3.69. The molecular weight excluding hydrogens is 490 g/mol. The Morgan fingerprint density at radius 2 is 1.33 bits per heavy atom. The molecule has 39 heavy (non-hydrogen) atoms. The lowest BCUT2D eigenvalue weighted by molar-refractivity contribution is -0.0409. The smallest absolute Gasteiger partial charge is 0.0743 e. The molecule has 7 nitrogen and oxygen atoms in total. The van der Waals surface area contributed by atoms with Crippen LogP contribution >= 0.6 is 0 Å². The molecular formula is C32H65N3O4. The summed E-state index contributed by atoms with van der Waals surface area (Å²) in [6.45, 7) is 27.4. The van der Waals surface area contributed by atoms with E-state index in [1.165, 1.54) is 58.2 Å². The van der Waals surface area contributed by atoms with E-state index in [1.54, 1.807) is 0 Å². The molecule has 232 valence electrons. The van der Waals surface area contributed by atoms with Gasteiger partial charge in [0.25, 0.3) is 0 Å². The molecule has 4 atom stereocenters. The molecule has 5 fully saturated rings. The third-order valence-corrected chi connectivity index (χ3v) is 9.11. The second kappa shape index (κ2) is 19.0. The molecule has 0 aliphatic carbocycles. The SMILES string of the molecule is CC(C)C1CCOC1.CC(C)N1CCC2OCCC21.CC(C)N1CCCCC1.CC(C)N1CCOCC1CO. The fraction of sp³-hybridized carbons (Fsp3) is 1.00. The lowest BCUT2D eigenvalue weighted by atomic mass is 9.96. The van der Waals surface area contributed by atoms with Gasteiger partial charge in [-0.25, -0.2) is 0 Å². The third kappa shape index (κ3) is 12.2. The van der Waals surface area contributed by atoms with Gasteiger partial charge in [0, 0.05) is 57.1 Å². The first-order chi connectivity index (χ1) is 18.6. The van der Waals surface area contributed by atoms with E-state index < -0.39 is 0 Å². The highest BCUT2D eigenvalue weighted by molar-refractivity contribution is 4.92. The zero-order valence-corrected chi connectivity index (χ0v) is 26.9. The zero-order valence-electron chi connectivity index (χ0n) is 26.9. The maximum absolute atomic E-state index is 8.99. The predicted molar refractivity (Wildman–Crippen MR) is 162 cm³/mol. The summed E-state index contributed by atoms with van der Waals surface area (Å²) in [5.74, 6) is 1.66. The summed E-state index contributed by atoms with van der Waals surface area (Å²) in [6.07, 6.45) is 8.63. The van der Waals surface area contributed by atoms with E-state index in [9.17, 15) is 0 Å². The molecule has 0 bridgehead atoms. The Bertz CT molecular complexity index is 598. The molecule has 0 spiro atoms. The van der Waals surface area contributed by atoms with Gasteiger partial charge in [0.1, 0.15) is 0 Å². The first-order valence-corrected chi connectivity index (χ1v) is 16.3. The van der Waals surface area contributed by atoms with Crippen LogP contribution in [0.5, 0.6) is 0 Å². The van der Waals surface area contributed by atoms with Crippen LogP contribution in [0.4, 0.5) is 0 Å². The fourth-order valence-electron chi connectivity index (χ4n) is 6.39. The van der Waals surface area contributed by atoms with Crippen LogP contribution in [0.25, 0.3) is 0 Å². The number of aliphatic hydroxyl groups excluding tert-OH is 1. The van der Waals surface area contributed by atoms with Crippen LogP contribution in [0.2, 0.25) is 0 Å². The molecule has 0 aromatic carbocycles. The summed E-state index contributed by atoms with van der Waals surface area (Å²) in [7, 11) is 0. The average molecular weight is 556 g/mol. The number of morpholine rings is 1. The molecule has 0 saturated carbocycles. The molecule has 5 aliphatic heterocycles. The molecule has 5 aliphatic rings. The van der Waals surface area contributed by atoms with Crippen molar-refractivity contribution in [1.29, 1.82) is 0 Å². The number of fused-ring (bicyclic) bond motifs is 1. The monoisotopic (exact) mass is 555 g/mol. The number of likely N-dealkylation sites (tertiary alicyclic amines) is 2. The Morgan fingerprint density at radius 1 is 0.667 bits per heavy atom. The van der Waals surface area contributed by atoms with E-state index in [0.29, 0.717) is 24.8 Å². The summed E-state index contributed by atoms with van der Waals surface area (Å²) in [4.78, 5) is 7.42. The predicted octanol–water partition coefficient (Wildman–Crippen LogP) is 4.91. The van der Waals surface area contributed by atoms with Gasteiger partial charge in [-0.05, 0) is 98.6 Å². The first kappa shape index (κ1) is 34.9. The quantitative estimate of drug-likeness (QED) is 0.518. The van der Waals surface area contributed by atoms with E-state index >= 15 is 0 Å². The van der Waals surface area contributed by atoms with Crippen molar-refractivity contribution in [3.05, 3.63) is 0 Å². The van der Waals surface area contributed by atoms with Crippen LogP contribution in [0, 0.1) is 11.8 Å². The Balaban J connectivity index is 0.000000184. The summed E-state index contributed by atoms with van der Waals surface area (Å²) in [5.41, 5.74) is 0. The molecule has 0 amide bonds. The maximum Gasteiger partial charge on any atom is 0.0743 e. The van der Waals surface area contributed by atoms with Crippen LogP contribution in [0.15, 0.2) is 0 Å². The van der Waals surface area contributed by atoms with Gasteiger partial charge in [0.2, 0.25) is 0 Å².